The summed E-state index contributed by atoms with van der Waals surface area (Å²) in [5.41, 5.74) is 4.28. The van der Waals surface area contributed by atoms with Gasteiger partial charge in [0.05, 0.1) is 17.9 Å². The zero-order valence-electron chi connectivity index (χ0n) is 22.2. The van der Waals surface area contributed by atoms with E-state index in [0.29, 0.717) is 39.7 Å². The summed E-state index contributed by atoms with van der Waals surface area (Å²) in [5, 5.41) is 5.43. The number of hydrogen-bond acceptors (Lipinski definition) is 6. The van der Waals surface area contributed by atoms with Crippen LogP contribution in [0.5, 0.6) is 11.5 Å². The summed E-state index contributed by atoms with van der Waals surface area (Å²) in [5.74, 6) is 0.330. The molecule has 2 heterocycles. The maximum atomic E-state index is 14.1. The molecular weight excluding hydrogens is 520 g/mol. The predicted octanol–water partition coefficient (Wildman–Crippen LogP) is 4.94. The Morgan fingerprint density at radius 3 is 2.46 bits per heavy atom. The lowest BCUT2D eigenvalue weighted by atomic mass is 9.99. The molecule has 4 aromatic rings. The van der Waals surface area contributed by atoms with E-state index >= 15 is 0 Å². The minimum absolute atomic E-state index is 0.107. The number of benzodiazepines with no additional fused rings is 1. The van der Waals surface area contributed by atoms with Gasteiger partial charge in [-0.15, -0.1) is 0 Å². The Kier molecular flexibility index (Phi) is 6.91. The van der Waals surface area contributed by atoms with E-state index in [1.165, 1.54) is 4.90 Å². The number of Topliss-reactive ketones (excluding diaryl/α,β-unsaturated/α-hetero) is 1. The Bertz CT molecular complexity index is 1680. The predicted molar refractivity (Wildman–Crippen MR) is 155 cm³/mol. The smallest absolute Gasteiger partial charge is 0.321 e. The minimum Gasteiger partial charge on any atom is -0.454 e. The number of rotatable bonds is 6. The van der Waals surface area contributed by atoms with Crippen LogP contribution in [0.25, 0.3) is 0 Å². The molecule has 0 saturated heterocycles. The van der Waals surface area contributed by atoms with Crippen LogP contribution >= 0.6 is 0 Å². The van der Waals surface area contributed by atoms with Crippen LogP contribution in [0.4, 0.5) is 16.2 Å². The molecule has 0 bridgehead atoms. The molecule has 0 aliphatic carbocycles. The third-order valence-electron chi connectivity index (χ3n) is 6.90. The summed E-state index contributed by atoms with van der Waals surface area (Å²) in [6.07, 6.45) is -1.31. The van der Waals surface area contributed by atoms with Crippen molar-refractivity contribution in [2.75, 3.05) is 23.6 Å². The number of carbonyl (C=O) groups excluding carboxylic acids is 3. The van der Waals surface area contributed by atoms with Crippen molar-refractivity contribution in [2.24, 2.45) is 4.99 Å². The van der Waals surface area contributed by atoms with Gasteiger partial charge in [-0.3, -0.25) is 9.59 Å². The second kappa shape index (κ2) is 11.0. The van der Waals surface area contributed by atoms with Crippen molar-refractivity contribution in [2.45, 2.75) is 13.1 Å². The molecule has 0 aromatic heterocycles. The fraction of sp³-hybridized carbons (Fsp3) is 0.125. The van der Waals surface area contributed by atoms with E-state index in [4.69, 9.17) is 14.5 Å². The largest absolute Gasteiger partial charge is 0.454 e. The van der Waals surface area contributed by atoms with Crippen LogP contribution < -0.4 is 25.0 Å². The third-order valence-corrected chi connectivity index (χ3v) is 6.90. The first-order valence-corrected chi connectivity index (χ1v) is 13.1. The van der Waals surface area contributed by atoms with E-state index in [2.05, 4.69) is 10.6 Å². The summed E-state index contributed by atoms with van der Waals surface area (Å²) in [4.78, 5) is 46.8. The highest BCUT2D eigenvalue weighted by Crippen LogP contribution is 2.34. The van der Waals surface area contributed by atoms with Gasteiger partial charge in [-0.25, -0.2) is 9.79 Å². The second-order valence-electron chi connectivity index (χ2n) is 9.59. The Morgan fingerprint density at radius 2 is 1.63 bits per heavy atom. The van der Waals surface area contributed by atoms with Gasteiger partial charge in [0.15, 0.2) is 17.3 Å². The van der Waals surface area contributed by atoms with Crippen molar-refractivity contribution < 1.29 is 23.9 Å². The first-order valence-electron chi connectivity index (χ1n) is 13.1. The van der Waals surface area contributed by atoms with Gasteiger partial charge in [-0.1, -0.05) is 72.8 Å². The molecule has 4 aromatic carbocycles. The van der Waals surface area contributed by atoms with Gasteiger partial charge in [0, 0.05) is 28.4 Å². The van der Waals surface area contributed by atoms with Crippen LogP contribution in [0.2, 0.25) is 0 Å². The molecule has 0 radical (unpaired) electrons. The summed E-state index contributed by atoms with van der Waals surface area (Å²) in [6, 6.07) is 28.3. The standard InChI is InChI=1S/C32H26N4O5/c1-20-9-5-6-12-23(20)26(37)18-36-25-14-8-7-13-24(25)29(21-10-3-2-4-11-21)34-30(31(36)38)35-32(39)33-22-15-16-27-28(17-22)41-19-40-27/h2-17,30H,18-19H2,1H3,(H2,33,35,39). The molecule has 9 heteroatoms. The van der Waals surface area contributed by atoms with Gasteiger partial charge in [0.25, 0.3) is 5.91 Å². The summed E-state index contributed by atoms with van der Waals surface area (Å²) in [7, 11) is 0. The summed E-state index contributed by atoms with van der Waals surface area (Å²) < 4.78 is 10.7. The number of aryl methyl sites for hydroxylation is 1. The molecule has 0 saturated carbocycles. The van der Waals surface area contributed by atoms with Gasteiger partial charge in [0.1, 0.15) is 0 Å². The molecule has 1 unspecified atom stereocenters. The quantitative estimate of drug-likeness (QED) is 0.333. The van der Waals surface area contributed by atoms with Crippen molar-refractivity contribution in [1.29, 1.82) is 0 Å². The number of anilines is 2. The number of urea groups is 1. The Balaban J connectivity index is 1.36. The highest BCUT2D eigenvalue weighted by Gasteiger charge is 2.34. The van der Waals surface area contributed by atoms with Crippen LogP contribution in [-0.2, 0) is 4.79 Å². The van der Waals surface area contributed by atoms with Crippen molar-refractivity contribution in [1.82, 2.24) is 5.32 Å². The minimum atomic E-state index is -1.31. The van der Waals surface area contributed by atoms with Crippen molar-refractivity contribution in [3.63, 3.8) is 0 Å². The number of carbonyl (C=O) groups is 3. The molecule has 204 valence electrons. The molecule has 2 aliphatic heterocycles. The highest BCUT2D eigenvalue weighted by atomic mass is 16.7. The van der Waals surface area contributed by atoms with E-state index < -0.39 is 18.1 Å². The average Bonchev–Trinajstić information content (AvgIpc) is 3.42. The Labute approximate surface area is 236 Å². The number of fused-ring (bicyclic) bond motifs is 2. The average molecular weight is 547 g/mol. The van der Waals surface area contributed by atoms with Crippen molar-refractivity contribution >= 4 is 34.8 Å². The fourth-order valence-corrected chi connectivity index (χ4v) is 4.89. The molecule has 9 nitrogen and oxygen atoms in total. The number of ether oxygens (including phenoxy) is 2. The number of nitrogens with one attached hydrogen (secondary N) is 2. The first kappa shape index (κ1) is 25.8. The molecule has 3 amide bonds. The lowest BCUT2D eigenvalue weighted by Crippen LogP contribution is -2.50. The maximum Gasteiger partial charge on any atom is 0.321 e. The van der Waals surface area contributed by atoms with Gasteiger partial charge in [-0.05, 0) is 30.7 Å². The normalized spacial score (nSPS) is 15.4. The first-order chi connectivity index (χ1) is 20.0. The fourth-order valence-electron chi connectivity index (χ4n) is 4.89. The molecule has 0 spiro atoms. The van der Waals surface area contributed by atoms with E-state index in [0.717, 1.165) is 11.1 Å². The van der Waals surface area contributed by atoms with Crippen LogP contribution in [0.15, 0.2) is 102 Å². The Hall–Kier alpha value is -5.44. The van der Waals surface area contributed by atoms with Crippen molar-refractivity contribution in [3.8, 4) is 11.5 Å². The number of benzene rings is 4. The van der Waals surface area contributed by atoms with E-state index in [1.54, 1.807) is 42.5 Å². The number of aliphatic imine (C=N–C) groups is 1. The molecule has 1 atom stereocenters. The van der Waals surface area contributed by atoms with Gasteiger partial charge in [-0.2, -0.15) is 0 Å². The Morgan fingerprint density at radius 1 is 0.902 bits per heavy atom. The van der Waals surface area contributed by atoms with Crippen LogP contribution in [0, 0.1) is 6.92 Å². The summed E-state index contributed by atoms with van der Waals surface area (Å²) >= 11 is 0. The molecule has 6 rings (SSSR count). The lowest BCUT2D eigenvalue weighted by Gasteiger charge is -2.25. The topological polar surface area (TPSA) is 109 Å². The zero-order valence-corrected chi connectivity index (χ0v) is 22.2. The number of amides is 3. The lowest BCUT2D eigenvalue weighted by molar-refractivity contribution is -0.120. The molecule has 41 heavy (non-hydrogen) atoms. The van der Waals surface area contributed by atoms with E-state index in [-0.39, 0.29) is 19.1 Å². The number of nitrogens with zero attached hydrogens (tertiary/aromatic N) is 2. The summed E-state index contributed by atoms with van der Waals surface area (Å²) in [6.45, 7) is 1.74. The highest BCUT2D eigenvalue weighted by molar-refractivity contribution is 6.21. The van der Waals surface area contributed by atoms with Crippen molar-refractivity contribution in [3.05, 3.63) is 119 Å². The zero-order chi connectivity index (χ0) is 28.3. The number of ketones is 1. The van der Waals surface area contributed by atoms with Gasteiger partial charge < -0.3 is 25.0 Å². The molecule has 2 aliphatic rings. The molecule has 2 N–H and O–H groups in total. The van der Waals surface area contributed by atoms with Crippen LogP contribution in [0.3, 0.4) is 0 Å². The number of hydrogen-bond donors (Lipinski definition) is 2. The number of para-hydroxylation sites is 1. The molecular formula is C32H26N4O5. The van der Waals surface area contributed by atoms with E-state index in [9.17, 15) is 14.4 Å². The van der Waals surface area contributed by atoms with Gasteiger partial charge in [0.2, 0.25) is 13.0 Å². The van der Waals surface area contributed by atoms with Crippen LogP contribution in [0.1, 0.15) is 27.0 Å². The van der Waals surface area contributed by atoms with Gasteiger partial charge >= 0.3 is 6.03 Å². The third kappa shape index (κ3) is 5.25. The molecule has 0 fully saturated rings. The monoisotopic (exact) mass is 546 g/mol. The van der Waals surface area contributed by atoms with Crippen LogP contribution in [-0.4, -0.2) is 42.9 Å². The SMILES string of the molecule is Cc1ccccc1C(=O)CN1C(=O)C(NC(=O)Nc2ccc3c(c2)OCO3)N=C(c2ccccc2)c2ccccc21. The second-order valence-corrected chi connectivity index (χ2v) is 9.59. The van der Waals surface area contributed by atoms with E-state index in [1.807, 2.05) is 61.5 Å². The maximum absolute atomic E-state index is 14.1.